The molecule has 2 aliphatic heterocycles. The van der Waals surface area contributed by atoms with Gasteiger partial charge in [0.15, 0.2) is 0 Å². The van der Waals surface area contributed by atoms with E-state index < -0.39 is 5.41 Å². The number of benzene rings is 3. The van der Waals surface area contributed by atoms with Gasteiger partial charge < -0.3 is 15.5 Å². The summed E-state index contributed by atoms with van der Waals surface area (Å²) < 4.78 is 0. The predicted molar refractivity (Wildman–Crippen MR) is 141 cm³/mol. The van der Waals surface area contributed by atoms with Crippen molar-refractivity contribution < 1.29 is 4.79 Å². The molecular weight excluding hydrogens is 434 g/mol. The third kappa shape index (κ3) is 3.28. The van der Waals surface area contributed by atoms with Crippen LogP contribution in [0.3, 0.4) is 0 Å². The summed E-state index contributed by atoms with van der Waals surface area (Å²) in [4.78, 5) is 15.3. The van der Waals surface area contributed by atoms with E-state index in [1.165, 1.54) is 11.3 Å². The molecule has 1 aliphatic carbocycles. The second kappa shape index (κ2) is 7.82. The molecule has 4 aromatic rings. The first-order chi connectivity index (χ1) is 17.2. The highest BCUT2D eigenvalue weighted by molar-refractivity contribution is 6.09. The molecule has 3 heterocycles. The maximum Gasteiger partial charge on any atom is 0.235 e. The van der Waals surface area contributed by atoms with E-state index in [1.54, 1.807) is 0 Å². The van der Waals surface area contributed by atoms with Crippen LogP contribution < -0.4 is 15.5 Å². The zero-order valence-electron chi connectivity index (χ0n) is 19.4. The second-order valence-corrected chi connectivity index (χ2v) is 9.80. The van der Waals surface area contributed by atoms with Crippen LogP contribution in [0.25, 0.3) is 23.1 Å². The van der Waals surface area contributed by atoms with Gasteiger partial charge in [0.25, 0.3) is 0 Å². The van der Waals surface area contributed by atoms with Crippen LogP contribution in [0.4, 0.5) is 11.4 Å². The number of para-hydroxylation sites is 1. The van der Waals surface area contributed by atoms with E-state index in [1.807, 2.05) is 18.2 Å². The minimum Gasteiger partial charge on any atom is -0.369 e. The van der Waals surface area contributed by atoms with Crippen LogP contribution in [-0.2, 0) is 10.2 Å². The maximum absolute atomic E-state index is 12.9. The Morgan fingerprint density at radius 2 is 1.80 bits per heavy atom. The number of H-pyrrole nitrogens is 1. The summed E-state index contributed by atoms with van der Waals surface area (Å²) in [6.07, 6.45) is 5.03. The zero-order chi connectivity index (χ0) is 23.4. The van der Waals surface area contributed by atoms with Crippen LogP contribution in [0.5, 0.6) is 0 Å². The topological polar surface area (TPSA) is 73.1 Å². The van der Waals surface area contributed by atoms with Gasteiger partial charge in [-0.1, -0.05) is 48.5 Å². The quantitative estimate of drug-likeness (QED) is 0.418. The van der Waals surface area contributed by atoms with E-state index in [2.05, 4.69) is 86.4 Å². The van der Waals surface area contributed by atoms with Crippen molar-refractivity contribution in [2.75, 3.05) is 36.4 Å². The number of anilines is 2. The molecule has 0 radical (unpaired) electrons. The van der Waals surface area contributed by atoms with E-state index in [9.17, 15) is 4.79 Å². The number of aromatic amines is 1. The van der Waals surface area contributed by atoms with Gasteiger partial charge in [-0.2, -0.15) is 5.10 Å². The molecule has 3 aliphatic rings. The SMILES string of the molecule is O=C1Nc2ccccc2[C@]12CC2c1ccc2c(C=Cc3ccc(N4CCNCC4)cc3)n[nH]c2c1. The number of fused-ring (bicyclic) bond motifs is 3. The van der Waals surface area contributed by atoms with Gasteiger partial charge in [0.1, 0.15) is 0 Å². The van der Waals surface area contributed by atoms with E-state index in [-0.39, 0.29) is 11.8 Å². The molecule has 3 aromatic carbocycles. The first kappa shape index (κ1) is 20.5. The molecule has 2 atom stereocenters. The Bertz CT molecular complexity index is 1460. The number of aromatic nitrogens is 2. The van der Waals surface area contributed by atoms with Crippen molar-refractivity contribution in [2.45, 2.75) is 17.8 Å². The number of carbonyl (C=O) groups excluding carboxylic acids is 1. The maximum atomic E-state index is 12.9. The van der Waals surface area contributed by atoms with Crippen molar-refractivity contribution in [3.63, 3.8) is 0 Å². The molecule has 0 bridgehead atoms. The predicted octanol–water partition coefficient (Wildman–Crippen LogP) is 4.52. The van der Waals surface area contributed by atoms with Gasteiger partial charge in [-0.3, -0.25) is 9.89 Å². The highest BCUT2D eigenvalue weighted by Gasteiger charge is 2.65. The number of hydrogen-bond acceptors (Lipinski definition) is 4. The van der Waals surface area contributed by atoms with Gasteiger partial charge in [0.2, 0.25) is 5.91 Å². The molecule has 1 amide bonds. The number of hydrogen-bond donors (Lipinski definition) is 3. The van der Waals surface area contributed by atoms with Gasteiger partial charge in [-0.25, -0.2) is 0 Å². The third-order valence-electron chi connectivity index (χ3n) is 7.85. The molecule has 7 rings (SSSR count). The van der Waals surface area contributed by atoms with E-state index in [4.69, 9.17) is 0 Å². The molecule has 1 saturated heterocycles. The summed E-state index contributed by atoms with van der Waals surface area (Å²) in [6, 6.07) is 23.2. The van der Waals surface area contributed by atoms with Crippen molar-refractivity contribution >= 4 is 40.3 Å². The Kier molecular flexibility index (Phi) is 4.57. The van der Waals surface area contributed by atoms with Gasteiger partial charge in [0, 0.05) is 48.9 Å². The van der Waals surface area contributed by atoms with Gasteiger partial charge in [0.05, 0.1) is 16.6 Å². The van der Waals surface area contributed by atoms with Crippen molar-refractivity contribution in [1.82, 2.24) is 15.5 Å². The molecule has 6 heteroatoms. The van der Waals surface area contributed by atoms with Gasteiger partial charge in [-0.15, -0.1) is 0 Å². The fourth-order valence-corrected chi connectivity index (χ4v) is 5.85. The van der Waals surface area contributed by atoms with Crippen molar-refractivity contribution in [3.05, 3.63) is 89.1 Å². The summed E-state index contributed by atoms with van der Waals surface area (Å²) in [6.45, 7) is 4.18. The summed E-state index contributed by atoms with van der Waals surface area (Å²) in [7, 11) is 0. The van der Waals surface area contributed by atoms with E-state index >= 15 is 0 Å². The average molecular weight is 462 g/mol. The number of rotatable bonds is 4. The lowest BCUT2D eigenvalue weighted by Gasteiger charge is -2.29. The lowest BCUT2D eigenvalue weighted by Crippen LogP contribution is -2.43. The van der Waals surface area contributed by atoms with Crippen LogP contribution in [0, 0.1) is 0 Å². The largest absolute Gasteiger partial charge is 0.369 e. The first-order valence-electron chi connectivity index (χ1n) is 12.4. The minimum atomic E-state index is -0.413. The Hall–Kier alpha value is -3.90. The van der Waals surface area contributed by atoms with Crippen molar-refractivity contribution in [1.29, 1.82) is 0 Å². The molecule has 1 unspecified atom stereocenters. The fourth-order valence-electron chi connectivity index (χ4n) is 5.85. The number of piperazine rings is 1. The monoisotopic (exact) mass is 461 g/mol. The smallest absolute Gasteiger partial charge is 0.235 e. The number of nitrogens with zero attached hydrogens (tertiary/aromatic N) is 2. The standard InChI is InChI=1S/C29H27N5O/c35-28-29(23-3-1-2-4-26(23)31-28)18-24(29)20-8-11-22-25(32-33-27(22)17-20)12-7-19-5-9-21(10-6-19)34-15-13-30-14-16-34/h1-12,17,24,30H,13-16,18H2,(H,31,35)(H,32,33)/t24?,29-/m0/s1. The Balaban J connectivity index is 1.11. The summed E-state index contributed by atoms with van der Waals surface area (Å²) >= 11 is 0. The highest BCUT2D eigenvalue weighted by Crippen LogP contribution is 2.64. The summed E-state index contributed by atoms with van der Waals surface area (Å²) in [5, 5.41) is 15.3. The molecule has 6 nitrogen and oxygen atoms in total. The van der Waals surface area contributed by atoms with Crippen LogP contribution in [-0.4, -0.2) is 42.3 Å². The lowest BCUT2D eigenvalue weighted by molar-refractivity contribution is -0.118. The van der Waals surface area contributed by atoms with Gasteiger partial charge in [-0.05, 0) is 53.5 Å². The summed E-state index contributed by atoms with van der Waals surface area (Å²) in [5.41, 5.74) is 7.22. The lowest BCUT2D eigenvalue weighted by atomic mass is 9.92. The minimum absolute atomic E-state index is 0.125. The summed E-state index contributed by atoms with van der Waals surface area (Å²) in [5.74, 6) is 0.326. The Labute approximate surface area is 204 Å². The molecule has 1 spiro atoms. The number of amides is 1. The van der Waals surface area contributed by atoms with Crippen LogP contribution in [0.15, 0.2) is 66.7 Å². The second-order valence-electron chi connectivity index (χ2n) is 9.80. The Morgan fingerprint density at radius 1 is 0.971 bits per heavy atom. The molecule has 174 valence electrons. The average Bonchev–Trinajstić information content (AvgIpc) is 3.44. The number of nitrogens with one attached hydrogen (secondary N) is 3. The van der Waals surface area contributed by atoms with Gasteiger partial charge >= 0.3 is 0 Å². The van der Waals surface area contributed by atoms with Crippen LogP contribution >= 0.6 is 0 Å². The van der Waals surface area contributed by atoms with Crippen molar-refractivity contribution in [2.24, 2.45) is 0 Å². The molecule has 1 saturated carbocycles. The molecule has 3 N–H and O–H groups in total. The fraction of sp³-hybridized carbons (Fsp3) is 0.241. The Morgan fingerprint density at radius 3 is 2.66 bits per heavy atom. The third-order valence-corrected chi connectivity index (χ3v) is 7.85. The van der Waals surface area contributed by atoms with Crippen LogP contribution in [0.2, 0.25) is 0 Å². The van der Waals surface area contributed by atoms with Crippen LogP contribution in [0.1, 0.15) is 34.7 Å². The molecule has 35 heavy (non-hydrogen) atoms. The first-order valence-corrected chi connectivity index (χ1v) is 12.4. The molecule has 2 fully saturated rings. The van der Waals surface area contributed by atoms with E-state index in [0.717, 1.165) is 66.0 Å². The highest BCUT2D eigenvalue weighted by atomic mass is 16.2. The molecular formula is C29H27N5O. The zero-order valence-corrected chi connectivity index (χ0v) is 19.4. The molecule has 1 aromatic heterocycles. The number of carbonyl (C=O) groups is 1. The van der Waals surface area contributed by atoms with E-state index in [0.29, 0.717) is 0 Å². The van der Waals surface area contributed by atoms with Crippen molar-refractivity contribution in [3.8, 4) is 0 Å². The normalized spacial score (nSPS) is 23.3.